The molecule has 2 rings (SSSR count). The molecule has 0 aromatic heterocycles. The Hall–Kier alpha value is -2.29. The van der Waals surface area contributed by atoms with Crippen LogP contribution in [-0.2, 0) is 11.3 Å². The van der Waals surface area contributed by atoms with Gasteiger partial charge in [-0.05, 0) is 49.4 Å². The molecule has 0 saturated heterocycles. The molecule has 3 nitrogen and oxygen atoms in total. The van der Waals surface area contributed by atoms with Gasteiger partial charge in [0.1, 0.15) is 5.75 Å². The second kappa shape index (κ2) is 8.00. The topological polar surface area (TPSA) is 38.3 Å². The van der Waals surface area contributed by atoms with Crippen molar-refractivity contribution in [2.75, 3.05) is 0 Å². The Morgan fingerprint density at radius 2 is 1.62 bits per heavy atom. The van der Waals surface area contributed by atoms with Gasteiger partial charge < -0.3 is 10.1 Å². The third kappa shape index (κ3) is 4.85. The van der Waals surface area contributed by atoms with E-state index >= 15 is 0 Å². The van der Waals surface area contributed by atoms with Gasteiger partial charge in [-0.15, -0.1) is 0 Å². The first-order valence-electron chi connectivity index (χ1n) is 8.47. The molecule has 2 aromatic carbocycles. The van der Waals surface area contributed by atoms with Crippen LogP contribution in [0.3, 0.4) is 0 Å². The van der Waals surface area contributed by atoms with E-state index in [2.05, 4.69) is 31.3 Å². The zero-order chi connectivity index (χ0) is 17.7. The molecule has 0 spiro atoms. The molecule has 24 heavy (non-hydrogen) atoms. The van der Waals surface area contributed by atoms with Crippen LogP contribution in [0.25, 0.3) is 0 Å². The molecule has 128 valence electrons. The first-order valence-corrected chi connectivity index (χ1v) is 8.47. The summed E-state index contributed by atoms with van der Waals surface area (Å²) in [6.07, 6.45) is -0.533. The van der Waals surface area contributed by atoms with E-state index in [9.17, 15) is 4.79 Å². The average Bonchev–Trinajstić information content (AvgIpc) is 2.53. The Balaban J connectivity index is 1.98. The largest absolute Gasteiger partial charge is 0.481 e. The fourth-order valence-electron chi connectivity index (χ4n) is 2.50. The summed E-state index contributed by atoms with van der Waals surface area (Å²) in [5.74, 6) is 1.04. The van der Waals surface area contributed by atoms with E-state index < -0.39 is 6.10 Å². The van der Waals surface area contributed by atoms with E-state index in [0.717, 1.165) is 22.4 Å². The second-order valence-electron chi connectivity index (χ2n) is 6.66. The predicted molar refractivity (Wildman–Crippen MR) is 98.4 cm³/mol. The molecule has 0 bridgehead atoms. The maximum absolute atomic E-state index is 12.3. The number of ether oxygens (including phenoxy) is 1. The molecule has 0 aliphatic rings. The van der Waals surface area contributed by atoms with E-state index in [4.69, 9.17) is 4.74 Å². The predicted octanol–water partition coefficient (Wildman–Crippen LogP) is 4.51. The van der Waals surface area contributed by atoms with Crippen molar-refractivity contribution >= 4 is 5.91 Å². The maximum atomic E-state index is 12.3. The lowest BCUT2D eigenvalue weighted by Crippen LogP contribution is -2.36. The summed E-state index contributed by atoms with van der Waals surface area (Å²) in [5, 5.41) is 2.94. The highest BCUT2D eigenvalue weighted by Crippen LogP contribution is 2.28. The number of carbonyl (C=O) groups excluding carboxylic acids is 1. The number of hydrogen-bond acceptors (Lipinski definition) is 2. The summed E-state index contributed by atoms with van der Waals surface area (Å²) in [5.41, 5.74) is 4.54. The molecule has 0 fully saturated rings. The molecule has 0 heterocycles. The molecule has 3 heteroatoms. The van der Waals surface area contributed by atoms with Crippen LogP contribution in [0, 0.1) is 13.8 Å². The highest BCUT2D eigenvalue weighted by molar-refractivity contribution is 5.80. The summed E-state index contributed by atoms with van der Waals surface area (Å²) in [7, 11) is 0. The van der Waals surface area contributed by atoms with Gasteiger partial charge in [0.15, 0.2) is 6.10 Å². The van der Waals surface area contributed by atoms with Crippen LogP contribution in [0.15, 0.2) is 42.5 Å². The fraction of sp³-hybridized carbons (Fsp3) is 0.381. The fourth-order valence-corrected chi connectivity index (χ4v) is 2.50. The summed E-state index contributed by atoms with van der Waals surface area (Å²) in [6, 6.07) is 14.3. The second-order valence-corrected chi connectivity index (χ2v) is 6.66. The van der Waals surface area contributed by atoms with Crippen LogP contribution >= 0.6 is 0 Å². The Kier molecular flexibility index (Phi) is 6.02. The third-order valence-electron chi connectivity index (χ3n) is 4.05. The van der Waals surface area contributed by atoms with E-state index in [0.29, 0.717) is 12.5 Å². The van der Waals surface area contributed by atoms with Gasteiger partial charge >= 0.3 is 0 Å². The summed E-state index contributed by atoms with van der Waals surface area (Å²) in [4.78, 5) is 12.3. The molecular formula is C21H27NO2. The minimum absolute atomic E-state index is 0.105. The van der Waals surface area contributed by atoms with E-state index in [1.165, 1.54) is 5.56 Å². The number of rotatable bonds is 6. The molecule has 2 aromatic rings. The first-order chi connectivity index (χ1) is 11.4. The van der Waals surface area contributed by atoms with E-state index in [-0.39, 0.29) is 5.91 Å². The Morgan fingerprint density at radius 3 is 2.25 bits per heavy atom. The van der Waals surface area contributed by atoms with Gasteiger partial charge in [-0.2, -0.15) is 0 Å². The molecule has 1 atom stereocenters. The molecule has 0 saturated carbocycles. The highest BCUT2D eigenvalue weighted by atomic mass is 16.5. The summed E-state index contributed by atoms with van der Waals surface area (Å²) in [6.45, 7) is 10.6. The Bertz CT molecular complexity index is 689. The lowest BCUT2D eigenvalue weighted by molar-refractivity contribution is -0.127. The lowest BCUT2D eigenvalue weighted by atomic mass is 10.0. The molecule has 0 radical (unpaired) electrons. The van der Waals surface area contributed by atoms with Crippen LogP contribution in [0.2, 0.25) is 0 Å². The smallest absolute Gasteiger partial charge is 0.261 e. The molecule has 0 aliphatic heterocycles. The monoisotopic (exact) mass is 325 g/mol. The first kappa shape index (κ1) is 18.1. The normalized spacial score (nSPS) is 12.1. The zero-order valence-corrected chi connectivity index (χ0v) is 15.2. The van der Waals surface area contributed by atoms with Gasteiger partial charge in [0.05, 0.1) is 0 Å². The third-order valence-corrected chi connectivity index (χ3v) is 4.05. The summed E-state index contributed by atoms with van der Waals surface area (Å²) < 4.78 is 5.94. The number of hydrogen-bond donors (Lipinski definition) is 1. The van der Waals surface area contributed by atoms with Crippen molar-refractivity contribution in [2.45, 2.75) is 53.2 Å². The van der Waals surface area contributed by atoms with Gasteiger partial charge in [0, 0.05) is 6.54 Å². The van der Waals surface area contributed by atoms with Crippen molar-refractivity contribution in [3.63, 3.8) is 0 Å². The quantitative estimate of drug-likeness (QED) is 0.848. The lowest BCUT2D eigenvalue weighted by Gasteiger charge is -2.19. The van der Waals surface area contributed by atoms with Crippen LogP contribution < -0.4 is 10.1 Å². The van der Waals surface area contributed by atoms with Gasteiger partial charge in [0.2, 0.25) is 0 Å². The molecule has 0 aliphatic carbocycles. The van der Waals surface area contributed by atoms with Gasteiger partial charge in [-0.25, -0.2) is 0 Å². The van der Waals surface area contributed by atoms with Crippen molar-refractivity contribution in [1.82, 2.24) is 5.32 Å². The van der Waals surface area contributed by atoms with Crippen LogP contribution in [0.5, 0.6) is 5.75 Å². The van der Waals surface area contributed by atoms with Gasteiger partial charge in [0.25, 0.3) is 5.91 Å². The SMILES string of the molecule is Cc1ccc(CNC(=O)[C@H](C)Oc2cc(C)ccc2C(C)C)cc1. The van der Waals surface area contributed by atoms with Crippen molar-refractivity contribution in [2.24, 2.45) is 0 Å². The van der Waals surface area contributed by atoms with Crippen molar-refractivity contribution in [3.05, 3.63) is 64.7 Å². The zero-order valence-electron chi connectivity index (χ0n) is 15.2. The minimum Gasteiger partial charge on any atom is -0.481 e. The van der Waals surface area contributed by atoms with Crippen molar-refractivity contribution in [3.8, 4) is 5.75 Å². The molecule has 1 N–H and O–H groups in total. The Labute approximate surface area is 145 Å². The Morgan fingerprint density at radius 1 is 1.00 bits per heavy atom. The number of carbonyl (C=O) groups is 1. The maximum Gasteiger partial charge on any atom is 0.261 e. The molecule has 0 unspecified atom stereocenters. The van der Waals surface area contributed by atoms with E-state index in [1.807, 2.05) is 44.2 Å². The van der Waals surface area contributed by atoms with Crippen molar-refractivity contribution < 1.29 is 9.53 Å². The molecule has 1 amide bonds. The highest BCUT2D eigenvalue weighted by Gasteiger charge is 2.17. The number of nitrogens with one attached hydrogen (secondary N) is 1. The summed E-state index contributed by atoms with van der Waals surface area (Å²) >= 11 is 0. The average molecular weight is 325 g/mol. The van der Waals surface area contributed by atoms with Crippen LogP contribution in [0.1, 0.15) is 48.9 Å². The minimum atomic E-state index is -0.533. The number of amides is 1. The number of aryl methyl sites for hydroxylation is 2. The van der Waals surface area contributed by atoms with E-state index in [1.54, 1.807) is 6.92 Å². The van der Waals surface area contributed by atoms with Gasteiger partial charge in [-0.1, -0.05) is 55.8 Å². The van der Waals surface area contributed by atoms with Crippen molar-refractivity contribution in [1.29, 1.82) is 0 Å². The van der Waals surface area contributed by atoms with Gasteiger partial charge in [-0.3, -0.25) is 4.79 Å². The van der Waals surface area contributed by atoms with Crippen LogP contribution in [0.4, 0.5) is 0 Å². The molecular weight excluding hydrogens is 298 g/mol. The van der Waals surface area contributed by atoms with Crippen LogP contribution in [-0.4, -0.2) is 12.0 Å². The number of benzene rings is 2. The standard InChI is InChI=1S/C21H27NO2/c1-14(2)19-11-8-16(4)12-20(19)24-17(5)21(23)22-13-18-9-6-15(3)7-10-18/h6-12,14,17H,13H2,1-5H3,(H,22,23)/t17-/m0/s1.